The Balaban J connectivity index is 1.66. The van der Waals surface area contributed by atoms with Gasteiger partial charge in [-0.15, -0.1) is 0 Å². The molecular formula is C23H28N2O3S. The van der Waals surface area contributed by atoms with E-state index < -0.39 is 10.0 Å². The third kappa shape index (κ3) is 5.34. The molecule has 5 nitrogen and oxygen atoms in total. The topological polar surface area (TPSA) is 66.5 Å². The number of nitrogens with zero attached hydrogens (tertiary/aromatic N) is 1. The normalized spacial score (nSPS) is 18.1. The van der Waals surface area contributed by atoms with Crippen molar-refractivity contribution in [3.63, 3.8) is 0 Å². The average Bonchev–Trinajstić information content (AvgIpc) is 2.73. The summed E-state index contributed by atoms with van der Waals surface area (Å²) in [6.45, 7) is 4.61. The van der Waals surface area contributed by atoms with E-state index in [2.05, 4.69) is 5.32 Å². The highest BCUT2D eigenvalue weighted by Gasteiger charge is 2.32. The summed E-state index contributed by atoms with van der Waals surface area (Å²) in [6, 6.07) is 14.3. The van der Waals surface area contributed by atoms with E-state index in [0.717, 1.165) is 36.8 Å². The van der Waals surface area contributed by atoms with Crippen molar-refractivity contribution in [1.82, 2.24) is 4.31 Å². The minimum absolute atomic E-state index is 0.0695. The van der Waals surface area contributed by atoms with E-state index in [9.17, 15) is 13.2 Å². The highest BCUT2D eigenvalue weighted by atomic mass is 32.2. The van der Waals surface area contributed by atoms with Crippen LogP contribution in [0.5, 0.6) is 0 Å². The SMILES string of the molecule is CC[C@@H]1CCCCN1S(=O)(=O)c1ccc(NC(=O)/C=C/c2ccc(C)cc2)cc1. The lowest BCUT2D eigenvalue weighted by Gasteiger charge is -2.34. The molecule has 1 N–H and O–H groups in total. The maximum atomic E-state index is 13.0. The standard InChI is InChI=1S/C23H28N2O3S/c1-3-21-6-4-5-17-25(21)29(27,28)22-14-12-20(13-15-22)24-23(26)16-11-19-9-7-18(2)8-10-19/h7-16,21H,3-6,17H2,1-2H3,(H,24,26)/b16-11+/t21-/m1/s1. The number of carbonyl (C=O) groups excluding carboxylic acids is 1. The number of piperidine rings is 1. The lowest BCUT2D eigenvalue weighted by molar-refractivity contribution is -0.111. The Morgan fingerprint density at radius 2 is 1.79 bits per heavy atom. The molecule has 1 heterocycles. The van der Waals surface area contributed by atoms with Crippen LogP contribution in [0.3, 0.4) is 0 Å². The van der Waals surface area contributed by atoms with E-state index in [1.807, 2.05) is 38.1 Å². The molecule has 0 saturated carbocycles. The predicted molar refractivity (Wildman–Crippen MR) is 117 cm³/mol. The molecule has 1 amide bonds. The third-order valence-corrected chi connectivity index (χ3v) is 7.24. The number of rotatable bonds is 6. The van der Waals surface area contributed by atoms with E-state index in [-0.39, 0.29) is 16.8 Å². The molecule has 1 fully saturated rings. The summed E-state index contributed by atoms with van der Waals surface area (Å²) in [6.07, 6.45) is 6.92. The zero-order valence-electron chi connectivity index (χ0n) is 17.0. The molecule has 0 radical (unpaired) electrons. The van der Waals surface area contributed by atoms with Crippen LogP contribution in [0.4, 0.5) is 5.69 Å². The second-order valence-electron chi connectivity index (χ2n) is 7.43. The van der Waals surface area contributed by atoms with Crippen LogP contribution in [0.25, 0.3) is 6.08 Å². The van der Waals surface area contributed by atoms with E-state index in [0.29, 0.717) is 12.2 Å². The van der Waals surface area contributed by atoms with Gasteiger partial charge in [-0.05, 0) is 62.1 Å². The molecule has 29 heavy (non-hydrogen) atoms. The lowest BCUT2D eigenvalue weighted by Crippen LogP contribution is -2.43. The molecule has 1 aliphatic rings. The summed E-state index contributed by atoms with van der Waals surface area (Å²) in [4.78, 5) is 12.4. The number of hydrogen-bond donors (Lipinski definition) is 1. The first-order chi connectivity index (χ1) is 13.9. The van der Waals surface area contributed by atoms with E-state index in [4.69, 9.17) is 0 Å². The summed E-state index contributed by atoms with van der Waals surface area (Å²) in [7, 11) is -3.51. The first-order valence-corrected chi connectivity index (χ1v) is 11.5. The van der Waals surface area contributed by atoms with Crippen LogP contribution in [-0.2, 0) is 14.8 Å². The van der Waals surface area contributed by atoms with E-state index in [1.165, 1.54) is 6.08 Å². The first kappa shape index (κ1) is 21.3. The van der Waals surface area contributed by atoms with Gasteiger partial charge >= 0.3 is 0 Å². The molecule has 0 bridgehead atoms. The monoisotopic (exact) mass is 412 g/mol. The van der Waals surface area contributed by atoms with Gasteiger partial charge in [0.25, 0.3) is 0 Å². The summed E-state index contributed by atoms with van der Waals surface area (Å²) in [5.41, 5.74) is 2.67. The molecule has 2 aromatic rings. The van der Waals surface area contributed by atoms with Gasteiger partial charge in [0.05, 0.1) is 4.90 Å². The fourth-order valence-electron chi connectivity index (χ4n) is 3.58. The molecule has 1 atom stereocenters. The van der Waals surface area contributed by atoms with Crippen LogP contribution >= 0.6 is 0 Å². The zero-order chi connectivity index (χ0) is 20.9. The summed E-state index contributed by atoms with van der Waals surface area (Å²) in [5.74, 6) is -0.261. The number of sulfonamides is 1. The fraction of sp³-hybridized carbons (Fsp3) is 0.348. The highest BCUT2D eigenvalue weighted by Crippen LogP contribution is 2.27. The van der Waals surface area contributed by atoms with Gasteiger partial charge in [0.2, 0.25) is 15.9 Å². The lowest BCUT2D eigenvalue weighted by atomic mass is 10.0. The maximum absolute atomic E-state index is 13.0. The number of amides is 1. The molecule has 3 rings (SSSR count). The Labute approximate surface area is 173 Å². The van der Waals surface area contributed by atoms with Crippen LogP contribution in [0.1, 0.15) is 43.7 Å². The van der Waals surface area contributed by atoms with Crippen molar-refractivity contribution in [2.24, 2.45) is 0 Å². The van der Waals surface area contributed by atoms with Crippen molar-refractivity contribution in [3.05, 3.63) is 65.7 Å². The Morgan fingerprint density at radius 1 is 1.10 bits per heavy atom. The van der Waals surface area contributed by atoms with Gasteiger partial charge in [-0.2, -0.15) is 4.31 Å². The Kier molecular flexibility index (Phi) is 6.87. The minimum atomic E-state index is -3.51. The van der Waals surface area contributed by atoms with Gasteiger partial charge in [0.15, 0.2) is 0 Å². The smallest absolute Gasteiger partial charge is 0.248 e. The fourth-order valence-corrected chi connectivity index (χ4v) is 5.34. The number of hydrogen-bond acceptors (Lipinski definition) is 3. The number of nitrogens with one attached hydrogen (secondary N) is 1. The predicted octanol–water partition coefficient (Wildman–Crippen LogP) is 4.60. The summed E-state index contributed by atoms with van der Waals surface area (Å²) < 4.78 is 27.6. The van der Waals surface area contributed by atoms with Gasteiger partial charge in [-0.25, -0.2) is 8.42 Å². The number of anilines is 1. The number of carbonyl (C=O) groups is 1. The molecule has 1 saturated heterocycles. The van der Waals surface area contributed by atoms with E-state index in [1.54, 1.807) is 34.6 Å². The summed E-state index contributed by atoms with van der Waals surface area (Å²) >= 11 is 0. The Hall–Kier alpha value is -2.44. The molecule has 0 aliphatic carbocycles. The molecule has 6 heteroatoms. The Bertz CT molecular complexity index is 964. The molecule has 0 unspecified atom stereocenters. The van der Waals surface area contributed by atoms with Crippen LogP contribution in [0, 0.1) is 6.92 Å². The van der Waals surface area contributed by atoms with E-state index >= 15 is 0 Å². The molecule has 2 aromatic carbocycles. The van der Waals surface area contributed by atoms with Gasteiger partial charge < -0.3 is 5.32 Å². The van der Waals surface area contributed by atoms with Crippen molar-refractivity contribution < 1.29 is 13.2 Å². The van der Waals surface area contributed by atoms with Gasteiger partial charge in [0, 0.05) is 24.4 Å². The van der Waals surface area contributed by atoms with Gasteiger partial charge in [0.1, 0.15) is 0 Å². The largest absolute Gasteiger partial charge is 0.323 e. The number of aryl methyl sites for hydroxylation is 1. The van der Waals surface area contributed by atoms with Crippen molar-refractivity contribution in [2.45, 2.75) is 50.5 Å². The highest BCUT2D eigenvalue weighted by molar-refractivity contribution is 7.89. The van der Waals surface area contributed by atoms with Crippen molar-refractivity contribution in [2.75, 3.05) is 11.9 Å². The quantitative estimate of drug-likeness (QED) is 0.705. The zero-order valence-corrected chi connectivity index (χ0v) is 17.8. The van der Waals surface area contributed by atoms with Crippen LogP contribution < -0.4 is 5.32 Å². The number of benzene rings is 2. The second kappa shape index (κ2) is 9.37. The maximum Gasteiger partial charge on any atom is 0.248 e. The molecule has 154 valence electrons. The van der Waals surface area contributed by atoms with Crippen molar-refractivity contribution >= 4 is 27.7 Å². The average molecular weight is 413 g/mol. The molecular weight excluding hydrogens is 384 g/mol. The van der Waals surface area contributed by atoms with Crippen LogP contribution in [0.2, 0.25) is 0 Å². The molecule has 1 aliphatic heterocycles. The molecule has 0 aromatic heterocycles. The molecule has 0 spiro atoms. The van der Waals surface area contributed by atoms with Crippen molar-refractivity contribution in [1.29, 1.82) is 0 Å². The summed E-state index contributed by atoms with van der Waals surface area (Å²) in [5, 5.41) is 2.77. The van der Waals surface area contributed by atoms with Crippen LogP contribution in [0.15, 0.2) is 59.5 Å². The van der Waals surface area contributed by atoms with Crippen LogP contribution in [-0.4, -0.2) is 31.2 Å². The Morgan fingerprint density at radius 3 is 2.45 bits per heavy atom. The second-order valence-corrected chi connectivity index (χ2v) is 9.32. The first-order valence-electron chi connectivity index (χ1n) is 10.1. The van der Waals surface area contributed by atoms with Gasteiger partial charge in [-0.1, -0.05) is 43.2 Å². The van der Waals surface area contributed by atoms with Gasteiger partial charge in [-0.3, -0.25) is 4.79 Å². The third-order valence-electron chi connectivity index (χ3n) is 5.28. The minimum Gasteiger partial charge on any atom is -0.323 e. The van der Waals surface area contributed by atoms with Crippen molar-refractivity contribution in [3.8, 4) is 0 Å².